The van der Waals surface area contributed by atoms with Crippen LogP contribution in [-0.4, -0.2) is 8.42 Å². The molecule has 0 aliphatic carbocycles. The van der Waals surface area contributed by atoms with E-state index in [1.54, 1.807) is 25.1 Å². The molecule has 2 aromatic carbocycles. The van der Waals surface area contributed by atoms with Crippen molar-refractivity contribution < 1.29 is 17.2 Å². The molecule has 0 aliphatic rings. The second kappa shape index (κ2) is 4.97. The van der Waals surface area contributed by atoms with Crippen LogP contribution in [0.15, 0.2) is 47.4 Å². The number of anilines is 1. The minimum Gasteiger partial charge on any atom is -0.277 e. The maximum absolute atomic E-state index is 13.4. The summed E-state index contributed by atoms with van der Waals surface area (Å²) in [6, 6.07) is 8.85. The van der Waals surface area contributed by atoms with Gasteiger partial charge in [-0.1, -0.05) is 18.2 Å². The minimum atomic E-state index is -3.94. The van der Waals surface area contributed by atoms with E-state index in [-0.39, 0.29) is 4.90 Å². The summed E-state index contributed by atoms with van der Waals surface area (Å²) in [6.45, 7) is 1.62. The molecule has 0 saturated heterocycles. The molecule has 1 N–H and O–H groups in total. The van der Waals surface area contributed by atoms with Crippen molar-refractivity contribution in [3.05, 3.63) is 59.7 Å². The van der Waals surface area contributed by atoms with Crippen molar-refractivity contribution in [2.45, 2.75) is 11.8 Å². The molecule has 2 rings (SSSR count). The van der Waals surface area contributed by atoms with Crippen LogP contribution in [0.4, 0.5) is 14.5 Å². The summed E-state index contributed by atoms with van der Waals surface area (Å²) < 4.78 is 52.6. The molecule has 0 atom stereocenters. The van der Waals surface area contributed by atoms with Crippen LogP contribution in [0.25, 0.3) is 0 Å². The first-order valence-corrected chi connectivity index (χ1v) is 6.92. The molecule has 0 aromatic heterocycles. The molecule has 0 heterocycles. The fourth-order valence-electron chi connectivity index (χ4n) is 1.63. The standard InChI is InChI=1S/C13H11F2NO2S/c1-9-4-2-3-5-13(9)19(17,18)16-12-8-10(14)6-7-11(12)15/h2-8,16H,1H3. The topological polar surface area (TPSA) is 46.2 Å². The SMILES string of the molecule is Cc1ccccc1S(=O)(=O)Nc1cc(F)ccc1F. The first-order chi connectivity index (χ1) is 8.90. The Morgan fingerprint density at radius 1 is 1.05 bits per heavy atom. The van der Waals surface area contributed by atoms with E-state index in [0.717, 1.165) is 18.2 Å². The van der Waals surface area contributed by atoms with Gasteiger partial charge in [-0.3, -0.25) is 4.72 Å². The van der Waals surface area contributed by atoms with Gasteiger partial charge in [0, 0.05) is 6.07 Å². The highest BCUT2D eigenvalue weighted by Gasteiger charge is 2.18. The quantitative estimate of drug-likeness (QED) is 0.941. The van der Waals surface area contributed by atoms with Crippen LogP contribution in [-0.2, 0) is 10.0 Å². The molecule has 6 heteroatoms. The molecule has 0 aliphatic heterocycles. The van der Waals surface area contributed by atoms with Crippen LogP contribution in [0.5, 0.6) is 0 Å². The van der Waals surface area contributed by atoms with E-state index in [9.17, 15) is 17.2 Å². The number of hydrogen-bond donors (Lipinski definition) is 1. The van der Waals surface area contributed by atoms with E-state index < -0.39 is 27.3 Å². The van der Waals surface area contributed by atoms with Crippen molar-refractivity contribution in [1.29, 1.82) is 0 Å². The lowest BCUT2D eigenvalue weighted by atomic mass is 10.2. The summed E-state index contributed by atoms with van der Waals surface area (Å²) in [5, 5.41) is 0. The van der Waals surface area contributed by atoms with Crippen LogP contribution in [0.1, 0.15) is 5.56 Å². The van der Waals surface area contributed by atoms with Crippen LogP contribution in [0.2, 0.25) is 0 Å². The summed E-state index contributed by atoms with van der Waals surface area (Å²) in [7, 11) is -3.94. The van der Waals surface area contributed by atoms with Crippen molar-refractivity contribution in [2.75, 3.05) is 4.72 Å². The number of halogens is 2. The van der Waals surface area contributed by atoms with Gasteiger partial charge in [0.1, 0.15) is 11.6 Å². The van der Waals surface area contributed by atoms with Gasteiger partial charge < -0.3 is 0 Å². The third-order valence-corrected chi connectivity index (χ3v) is 4.08. The van der Waals surface area contributed by atoms with Gasteiger partial charge >= 0.3 is 0 Å². The molecule has 0 radical (unpaired) electrons. The molecule has 0 unspecified atom stereocenters. The Hall–Kier alpha value is -1.95. The first kappa shape index (κ1) is 13.5. The second-order valence-corrected chi connectivity index (χ2v) is 5.65. The van der Waals surface area contributed by atoms with Gasteiger partial charge in [-0.15, -0.1) is 0 Å². The Morgan fingerprint density at radius 2 is 1.74 bits per heavy atom. The zero-order valence-electron chi connectivity index (χ0n) is 10.0. The molecule has 2 aromatic rings. The van der Waals surface area contributed by atoms with Crippen LogP contribution >= 0.6 is 0 Å². The van der Waals surface area contributed by atoms with Crippen LogP contribution < -0.4 is 4.72 Å². The Morgan fingerprint density at radius 3 is 2.42 bits per heavy atom. The molecule has 0 bridgehead atoms. The number of aryl methyl sites for hydroxylation is 1. The summed E-state index contributed by atoms with van der Waals surface area (Å²) in [4.78, 5) is 0.0265. The monoisotopic (exact) mass is 283 g/mol. The van der Waals surface area contributed by atoms with Crippen molar-refractivity contribution >= 4 is 15.7 Å². The zero-order valence-corrected chi connectivity index (χ0v) is 10.8. The molecular formula is C13H11F2NO2S. The second-order valence-electron chi connectivity index (χ2n) is 4.00. The molecule has 0 saturated carbocycles. The number of rotatable bonds is 3. The largest absolute Gasteiger partial charge is 0.277 e. The first-order valence-electron chi connectivity index (χ1n) is 5.43. The fraction of sp³-hybridized carbons (Fsp3) is 0.0769. The molecule has 100 valence electrons. The van der Waals surface area contributed by atoms with Gasteiger partial charge in [-0.05, 0) is 30.7 Å². The van der Waals surface area contributed by atoms with Gasteiger partial charge in [-0.25, -0.2) is 17.2 Å². The van der Waals surface area contributed by atoms with Crippen molar-refractivity contribution in [3.63, 3.8) is 0 Å². The van der Waals surface area contributed by atoms with E-state index in [0.29, 0.717) is 5.56 Å². The third kappa shape index (κ3) is 2.90. The molecule has 19 heavy (non-hydrogen) atoms. The number of sulfonamides is 1. The third-order valence-electron chi connectivity index (χ3n) is 2.56. The van der Waals surface area contributed by atoms with E-state index in [1.807, 2.05) is 4.72 Å². The molecule has 0 amide bonds. The van der Waals surface area contributed by atoms with Crippen molar-refractivity contribution in [1.82, 2.24) is 0 Å². The summed E-state index contributed by atoms with van der Waals surface area (Å²) in [5.74, 6) is -1.55. The van der Waals surface area contributed by atoms with E-state index in [2.05, 4.69) is 0 Å². The normalized spacial score (nSPS) is 11.3. The summed E-state index contributed by atoms with van der Waals surface area (Å²) >= 11 is 0. The summed E-state index contributed by atoms with van der Waals surface area (Å²) in [6.07, 6.45) is 0. The van der Waals surface area contributed by atoms with Crippen LogP contribution in [0, 0.1) is 18.6 Å². The Bertz CT molecular complexity index is 714. The lowest BCUT2D eigenvalue weighted by Gasteiger charge is -2.10. The van der Waals surface area contributed by atoms with Gasteiger partial charge in [0.05, 0.1) is 10.6 Å². The van der Waals surface area contributed by atoms with Gasteiger partial charge in [0.15, 0.2) is 0 Å². The maximum Gasteiger partial charge on any atom is 0.262 e. The Balaban J connectivity index is 2.43. The predicted octanol–water partition coefficient (Wildman–Crippen LogP) is 3.07. The Kier molecular flexibility index (Phi) is 3.53. The van der Waals surface area contributed by atoms with Crippen molar-refractivity contribution in [3.8, 4) is 0 Å². The Labute approximate surface area is 109 Å². The molecule has 0 fully saturated rings. The highest BCUT2D eigenvalue weighted by atomic mass is 32.2. The van der Waals surface area contributed by atoms with Crippen molar-refractivity contribution in [2.24, 2.45) is 0 Å². The van der Waals surface area contributed by atoms with Gasteiger partial charge in [-0.2, -0.15) is 0 Å². The van der Waals surface area contributed by atoms with E-state index >= 15 is 0 Å². The molecule has 3 nitrogen and oxygen atoms in total. The van der Waals surface area contributed by atoms with E-state index in [1.165, 1.54) is 6.07 Å². The average molecular weight is 283 g/mol. The predicted molar refractivity (Wildman–Crippen MR) is 68.3 cm³/mol. The van der Waals surface area contributed by atoms with E-state index in [4.69, 9.17) is 0 Å². The highest BCUT2D eigenvalue weighted by Crippen LogP contribution is 2.21. The van der Waals surface area contributed by atoms with Gasteiger partial charge in [0.25, 0.3) is 10.0 Å². The fourth-order valence-corrected chi connectivity index (χ4v) is 2.94. The van der Waals surface area contributed by atoms with Crippen LogP contribution in [0.3, 0.4) is 0 Å². The lowest BCUT2D eigenvalue weighted by molar-refractivity contribution is 0.594. The summed E-state index contributed by atoms with van der Waals surface area (Å²) in [5.41, 5.74) is 0.107. The molecule has 0 spiro atoms. The maximum atomic E-state index is 13.4. The van der Waals surface area contributed by atoms with Gasteiger partial charge in [0.2, 0.25) is 0 Å². The molecular weight excluding hydrogens is 272 g/mol. The minimum absolute atomic E-state index is 0.0265. The smallest absolute Gasteiger partial charge is 0.262 e. The highest BCUT2D eigenvalue weighted by molar-refractivity contribution is 7.92. The lowest BCUT2D eigenvalue weighted by Crippen LogP contribution is -2.15. The zero-order chi connectivity index (χ0) is 14.0. The number of hydrogen-bond acceptors (Lipinski definition) is 2. The average Bonchev–Trinajstić information content (AvgIpc) is 2.34. The number of benzene rings is 2. The number of nitrogens with one attached hydrogen (secondary N) is 1.